The van der Waals surface area contributed by atoms with Gasteiger partial charge < -0.3 is 9.88 Å². The van der Waals surface area contributed by atoms with Gasteiger partial charge in [-0.15, -0.1) is 0 Å². The summed E-state index contributed by atoms with van der Waals surface area (Å²) in [6, 6.07) is 9.86. The molecular weight excluding hydrogens is 398 g/mol. The quantitative estimate of drug-likeness (QED) is 0.689. The second kappa shape index (κ2) is 8.92. The van der Waals surface area contributed by atoms with Gasteiger partial charge in [-0.25, -0.2) is 0 Å². The maximum atomic E-state index is 12.7. The molecule has 0 bridgehead atoms. The molecule has 1 saturated heterocycles. The zero-order valence-corrected chi connectivity index (χ0v) is 17.8. The van der Waals surface area contributed by atoms with Crippen molar-refractivity contribution >= 4 is 40.6 Å². The molecule has 3 amide bonds. The first-order valence-corrected chi connectivity index (χ1v) is 11.1. The number of nitrogens with one attached hydrogen (secondary N) is 1. The average Bonchev–Trinajstić information content (AvgIpc) is 3.31. The first kappa shape index (κ1) is 20.5. The maximum Gasteiger partial charge on any atom is 0.294 e. The fraction of sp³-hybridized carbons (Fsp3) is 0.348. The van der Waals surface area contributed by atoms with Crippen molar-refractivity contribution in [2.24, 2.45) is 0 Å². The predicted octanol–water partition coefficient (Wildman–Crippen LogP) is 4.98. The molecule has 2 aliphatic rings. The van der Waals surface area contributed by atoms with E-state index in [9.17, 15) is 14.4 Å². The molecule has 2 fully saturated rings. The number of hydrogen-bond donors (Lipinski definition) is 1. The molecular formula is C23H25N3O3S. The van der Waals surface area contributed by atoms with Gasteiger partial charge in [-0.2, -0.15) is 0 Å². The molecule has 156 valence electrons. The first-order chi connectivity index (χ1) is 14.5. The van der Waals surface area contributed by atoms with Gasteiger partial charge in [0, 0.05) is 24.1 Å². The highest BCUT2D eigenvalue weighted by Gasteiger charge is 2.36. The van der Waals surface area contributed by atoms with Crippen molar-refractivity contribution in [3.63, 3.8) is 0 Å². The lowest BCUT2D eigenvalue weighted by molar-refractivity contribution is -0.127. The molecule has 0 radical (unpaired) electrons. The van der Waals surface area contributed by atoms with Crippen LogP contribution in [-0.2, 0) is 9.59 Å². The Morgan fingerprint density at radius 1 is 1.17 bits per heavy atom. The van der Waals surface area contributed by atoms with E-state index in [1.807, 2.05) is 43.6 Å². The molecule has 7 heteroatoms. The van der Waals surface area contributed by atoms with Crippen molar-refractivity contribution in [2.45, 2.75) is 45.1 Å². The van der Waals surface area contributed by atoms with Crippen LogP contribution in [0.25, 0.3) is 6.08 Å². The largest absolute Gasteiger partial charge is 0.351 e. The summed E-state index contributed by atoms with van der Waals surface area (Å²) in [5, 5.41) is 2.35. The summed E-state index contributed by atoms with van der Waals surface area (Å²) in [4.78, 5) is 38.8. The molecule has 4 rings (SSSR count). The Morgan fingerprint density at radius 2 is 1.93 bits per heavy atom. The maximum absolute atomic E-state index is 12.7. The Hall–Kier alpha value is -2.80. The Labute approximate surface area is 180 Å². The van der Waals surface area contributed by atoms with E-state index in [2.05, 4.69) is 9.88 Å². The van der Waals surface area contributed by atoms with E-state index in [0.29, 0.717) is 16.6 Å². The van der Waals surface area contributed by atoms with Crippen molar-refractivity contribution in [1.82, 2.24) is 9.47 Å². The molecule has 2 aromatic rings. The molecule has 0 atom stereocenters. The Balaban J connectivity index is 1.41. The van der Waals surface area contributed by atoms with E-state index in [1.54, 1.807) is 12.1 Å². The number of imide groups is 1. The van der Waals surface area contributed by atoms with E-state index < -0.39 is 17.1 Å². The number of para-hydroxylation sites is 1. The van der Waals surface area contributed by atoms with E-state index >= 15 is 0 Å². The molecule has 1 N–H and O–H groups in total. The Morgan fingerprint density at radius 3 is 2.70 bits per heavy atom. The lowest BCUT2D eigenvalue weighted by atomic mass is 9.95. The van der Waals surface area contributed by atoms with Crippen LogP contribution < -0.4 is 5.32 Å². The van der Waals surface area contributed by atoms with Crippen LogP contribution in [0, 0.1) is 6.92 Å². The highest BCUT2D eigenvalue weighted by molar-refractivity contribution is 8.18. The number of thioether (sulfide) groups is 1. The number of hydrogen-bond acceptors (Lipinski definition) is 4. The van der Waals surface area contributed by atoms with Crippen molar-refractivity contribution in [2.75, 3.05) is 11.9 Å². The smallest absolute Gasteiger partial charge is 0.294 e. The molecule has 1 aliphatic carbocycles. The highest BCUT2D eigenvalue weighted by atomic mass is 32.2. The second-order valence-corrected chi connectivity index (χ2v) is 8.81. The molecule has 2 heterocycles. The number of nitrogens with zero attached hydrogens (tertiary/aromatic N) is 2. The molecule has 1 aliphatic heterocycles. The van der Waals surface area contributed by atoms with Gasteiger partial charge >= 0.3 is 0 Å². The van der Waals surface area contributed by atoms with Crippen LogP contribution in [0.15, 0.2) is 47.6 Å². The zero-order valence-electron chi connectivity index (χ0n) is 17.0. The minimum atomic E-state index is -0.421. The highest BCUT2D eigenvalue weighted by Crippen LogP contribution is 2.33. The fourth-order valence-electron chi connectivity index (χ4n) is 3.96. The van der Waals surface area contributed by atoms with Crippen molar-refractivity contribution in [3.05, 3.63) is 58.8 Å². The van der Waals surface area contributed by atoms with E-state index in [0.717, 1.165) is 27.8 Å². The lowest BCUT2D eigenvalue weighted by Crippen LogP contribution is -2.36. The third-order valence-corrected chi connectivity index (χ3v) is 6.53. The number of carbonyl (C=O) groups is 3. The summed E-state index contributed by atoms with van der Waals surface area (Å²) < 4.78 is 2.21. The van der Waals surface area contributed by atoms with Crippen LogP contribution in [0.3, 0.4) is 0 Å². The van der Waals surface area contributed by atoms with E-state index in [4.69, 9.17) is 0 Å². The average molecular weight is 424 g/mol. The summed E-state index contributed by atoms with van der Waals surface area (Å²) in [5.41, 5.74) is 2.49. The van der Waals surface area contributed by atoms with Gasteiger partial charge in [0.25, 0.3) is 11.1 Å². The monoisotopic (exact) mass is 423 g/mol. The Kier molecular flexibility index (Phi) is 6.08. The number of anilines is 1. The predicted molar refractivity (Wildman–Crippen MR) is 119 cm³/mol. The molecule has 30 heavy (non-hydrogen) atoms. The van der Waals surface area contributed by atoms with Crippen molar-refractivity contribution in [1.29, 1.82) is 0 Å². The first-order valence-electron chi connectivity index (χ1n) is 10.3. The summed E-state index contributed by atoms with van der Waals surface area (Å²) in [6.07, 6.45) is 12.0. The number of rotatable bonds is 5. The molecule has 1 aromatic heterocycles. The Bertz CT molecular complexity index is 1000. The standard InChI is InChI=1S/C23H25N3O3S/c1-16-7-5-6-10-19(16)24-21(27)15-26-22(28)20(30-23(26)29)13-17-11-12-25(14-17)18-8-3-2-4-9-18/h5-7,10-14,18H,2-4,8-9,15H2,1H3,(H,24,27)/b20-13+. The van der Waals surface area contributed by atoms with Crippen LogP contribution in [0.2, 0.25) is 0 Å². The van der Waals surface area contributed by atoms with Gasteiger partial charge in [-0.05, 0) is 60.9 Å². The summed E-state index contributed by atoms with van der Waals surface area (Å²) in [7, 11) is 0. The van der Waals surface area contributed by atoms with Crippen molar-refractivity contribution in [3.8, 4) is 0 Å². The molecule has 6 nitrogen and oxygen atoms in total. The second-order valence-electron chi connectivity index (χ2n) is 7.81. The van der Waals surface area contributed by atoms with Crippen LogP contribution >= 0.6 is 11.8 Å². The number of amides is 3. The number of aromatic nitrogens is 1. The van der Waals surface area contributed by atoms with Gasteiger partial charge in [0.05, 0.1) is 4.91 Å². The van der Waals surface area contributed by atoms with Crippen molar-refractivity contribution < 1.29 is 14.4 Å². The summed E-state index contributed by atoms with van der Waals surface area (Å²) in [6.45, 7) is 1.59. The minimum absolute atomic E-state index is 0.292. The fourth-order valence-corrected chi connectivity index (χ4v) is 4.79. The zero-order chi connectivity index (χ0) is 21.1. The van der Waals surface area contributed by atoms with Gasteiger partial charge in [-0.3, -0.25) is 19.3 Å². The summed E-state index contributed by atoms with van der Waals surface area (Å²) >= 11 is 0.882. The normalized spacial score (nSPS) is 19.0. The third-order valence-electron chi connectivity index (χ3n) is 5.63. The van der Waals surface area contributed by atoms with E-state index in [1.165, 1.54) is 32.1 Å². The summed E-state index contributed by atoms with van der Waals surface area (Å²) in [5.74, 6) is -0.813. The van der Waals surface area contributed by atoms with Gasteiger partial charge in [0.2, 0.25) is 5.91 Å². The number of aryl methyl sites for hydroxylation is 1. The topological polar surface area (TPSA) is 71.4 Å². The molecule has 1 saturated carbocycles. The third kappa shape index (κ3) is 4.51. The molecule has 0 spiro atoms. The minimum Gasteiger partial charge on any atom is -0.351 e. The van der Waals surface area contributed by atoms with Gasteiger partial charge in [0.15, 0.2) is 0 Å². The van der Waals surface area contributed by atoms with Crippen LogP contribution in [0.4, 0.5) is 10.5 Å². The molecule has 0 unspecified atom stereocenters. The van der Waals surface area contributed by atoms with Gasteiger partial charge in [-0.1, -0.05) is 37.5 Å². The molecule has 1 aromatic carbocycles. The number of carbonyl (C=O) groups excluding carboxylic acids is 3. The van der Waals surface area contributed by atoms with Gasteiger partial charge in [0.1, 0.15) is 6.54 Å². The van der Waals surface area contributed by atoms with Crippen LogP contribution in [0.1, 0.15) is 49.3 Å². The van der Waals surface area contributed by atoms with Crippen LogP contribution in [0.5, 0.6) is 0 Å². The van der Waals surface area contributed by atoms with E-state index in [-0.39, 0.29) is 6.54 Å². The van der Waals surface area contributed by atoms with Crippen LogP contribution in [-0.4, -0.2) is 33.1 Å². The number of benzene rings is 1. The lowest BCUT2D eigenvalue weighted by Gasteiger charge is -2.23. The SMILES string of the molecule is Cc1ccccc1NC(=O)CN1C(=O)S/C(=C/c2ccn(C3CCCCC3)c2)C1=O.